The fraction of sp³-hybridized carbons (Fsp3) is 0.672. The van der Waals surface area contributed by atoms with E-state index >= 15 is 0 Å². The quantitative estimate of drug-likeness (QED) is 0.0553. The lowest BCUT2D eigenvalue weighted by atomic mass is 9.95. The second kappa shape index (κ2) is 33.3. The van der Waals surface area contributed by atoms with Crippen molar-refractivity contribution in [1.82, 2.24) is 14.7 Å². The Balaban J connectivity index is 0.861. The van der Waals surface area contributed by atoms with Crippen LogP contribution >= 0.6 is 0 Å². The third-order valence-corrected chi connectivity index (χ3v) is 19.7. The summed E-state index contributed by atoms with van der Waals surface area (Å²) in [6.07, 6.45) is -68.5. The summed E-state index contributed by atoms with van der Waals surface area (Å²) in [4.78, 5) is 33.3. The van der Waals surface area contributed by atoms with Gasteiger partial charge in [-0.25, -0.2) is 0 Å². The molecule has 4 aromatic rings. The molecule has 25 rings (SSSR count). The summed E-state index contributed by atoms with van der Waals surface area (Å²) in [7, 11) is 1.44. The van der Waals surface area contributed by atoms with Gasteiger partial charge in [-0.15, -0.1) is 0 Å². The third-order valence-electron chi connectivity index (χ3n) is 19.7. The fourth-order valence-corrected chi connectivity index (χ4v) is 13.9. The van der Waals surface area contributed by atoms with Crippen molar-refractivity contribution in [2.24, 2.45) is 0 Å². The largest absolute Gasteiger partial charge is 0.497 e. The molecule has 35 unspecified atom stereocenters. The van der Waals surface area contributed by atoms with Crippen LogP contribution < -0.4 is 10.1 Å². The number of hydrogen-bond donors (Lipinski definition) is 21. The molecule has 21 N–H and O–H groups in total. The normalized spacial score (nSPS) is 43.9. The number of carbonyl (C=O) groups is 2. The number of aliphatic hydroxyl groups excluding tert-OH is 20. The number of pyridine rings is 2. The first-order valence-corrected chi connectivity index (χ1v) is 33.2. The molecule has 35 atom stereocenters. The highest BCUT2D eigenvalue weighted by molar-refractivity contribution is 6.12. The van der Waals surface area contributed by atoms with E-state index < -0.39 is 273 Å². The second-order valence-electron chi connectivity index (χ2n) is 26.1. The van der Waals surface area contributed by atoms with E-state index in [1.807, 2.05) is 0 Å². The highest BCUT2D eigenvalue weighted by atomic mass is 16.8. The van der Waals surface area contributed by atoms with Gasteiger partial charge in [0.15, 0.2) is 44.0 Å². The van der Waals surface area contributed by atoms with E-state index in [2.05, 4.69) is 10.3 Å². The van der Waals surface area contributed by atoms with Gasteiger partial charge < -0.3 is 183 Å². The van der Waals surface area contributed by atoms with Crippen LogP contribution in [0.15, 0.2) is 73.2 Å². The summed E-state index contributed by atoms with van der Waals surface area (Å²) in [6, 6.07) is 14.2. The molecule has 24 heterocycles. The summed E-state index contributed by atoms with van der Waals surface area (Å²) in [5, 5.41) is 230. The molecule has 21 aliphatic heterocycles. The Kier molecular flexibility index (Phi) is 25.1. The highest BCUT2D eigenvalue weighted by Crippen LogP contribution is 2.40. The zero-order valence-corrected chi connectivity index (χ0v) is 54.9. The van der Waals surface area contributed by atoms with Crippen molar-refractivity contribution in [2.45, 2.75) is 215 Å². The van der Waals surface area contributed by atoms with Crippen LogP contribution in [-0.4, -0.2) is 391 Å². The number of nitrogens with zero attached hydrogens (tertiary/aromatic N) is 2. The predicted octanol–water partition coefficient (Wildman–Crippen LogP) is -11.2. The van der Waals surface area contributed by atoms with E-state index in [9.17, 15) is 112 Å². The smallest absolute Gasteiger partial charge is 0.253 e. The van der Waals surface area contributed by atoms with Gasteiger partial charge in [-0.05, 0) is 65.7 Å². The summed E-state index contributed by atoms with van der Waals surface area (Å²) < 4.78 is 88.9. The number of rotatable bonds is 13. The van der Waals surface area contributed by atoms with Gasteiger partial charge in [0, 0.05) is 30.7 Å². The van der Waals surface area contributed by atoms with E-state index in [0.29, 0.717) is 16.9 Å². The number of ether oxygens (including phenoxy) is 15. The van der Waals surface area contributed by atoms with Crippen LogP contribution in [0.5, 0.6) is 5.75 Å². The average molecular weight is 1490 g/mol. The van der Waals surface area contributed by atoms with Crippen molar-refractivity contribution in [3.63, 3.8) is 0 Å². The summed E-state index contributed by atoms with van der Waals surface area (Å²) in [5.41, 5.74) is 1.50. The fourth-order valence-electron chi connectivity index (χ4n) is 13.9. The molecular weight excluding hydrogens is 1400 g/mol. The molecule has 0 aliphatic carbocycles. The van der Waals surface area contributed by atoms with Crippen LogP contribution in [0.1, 0.15) is 26.4 Å². The lowest BCUT2D eigenvalue weighted by molar-refractivity contribution is -0.396. The first-order valence-electron chi connectivity index (χ1n) is 33.2. The maximum atomic E-state index is 14.9. The van der Waals surface area contributed by atoms with Crippen molar-refractivity contribution < 1.29 is 183 Å². The van der Waals surface area contributed by atoms with E-state index in [1.54, 1.807) is 42.6 Å². The van der Waals surface area contributed by atoms with Crippen molar-refractivity contribution in [1.29, 1.82) is 0 Å². The van der Waals surface area contributed by atoms with Gasteiger partial charge in [0.2, 0.25) is 5.78 Å². The molecule has 1 aromatic carbocycles. The van der Waals surface area contributed by atoms with Crippen molar-refractivity contribution >= 4 is 17.2 Å². The van der Waals surface area contributed by atoms with Gasteiger partial charge in [0.25, 0.3) is 5.91 Å². The SMILES string of the molecule is COc1ccc(C(=O)c2cc(C(=O)NCC3OC4OC5C(CO)OC(OC6C(CO)OC(OC7C(CO)OC(OC8C(CO)OC(OC9C(CO)OC(OC%10C(CO)OC(OC3C(O)C4O)C(O)C%10O)C(O)C9O)C(O)C8O)C(O)C7O)C(O)C6O)C(O)C5O)c3cc(-c4ccncc4)ccn23)cc1. The lowest BCUT2D eigenvalue weighted by Crippen LogP contribution is -2.68. The van der Waals surface area contributed by atoms with Gasteiger partial charge in [0.1, 0.15) is 177 Å². The molecule has 0 spiro atoms. The molecule has 0 radical (unpaired) electrons. The number of aromatic nitrogens is 2. The summed E-state index contributed by atoms with van der Waals surface area (Å²) in [6.45, 7) is -7.38. The Morgan fingerprint density at radius 2 is 0.683 bits per heavy atom. The number of aliphatic hydroxyl groups is 20. The zero-order valence-electron chi connectivity index (χ0n) is 54.9. The van der Waals surface area contributed by atoms with Crippen LogP contribution in [0.2, 0.25) is 0 Å². The van der Waals surface area contributed by atoms with E-state index in [0.717, 1.165) is 0 Å². The number of benzene rings is 1. The minimum atomic E-state index is -2.35. The van der Waals surface area contributed by atoms with Gasteiger partial charge in [-0.1, -0.05) is 0 Å². The number of fused-ring (bicyclic) bond motifs is 1. The van der Waals surface area contributed by atoms with Crippen LogP contribution in [-0.2, 0) is 66.3 Å². The topological polar surface area (TPSA) is 607 Å². The monoisotopic (exact) mass is 1490 g/mol. The number of amides is 1. The molecule has 21 saturated heterocycles. The number of methoxy groups -OCH3 is 1. The summed E-state index contributed by atoms with van der Waals surface area (Å²) >= 11 is 0. The van der Waals surface area contributed by atoms with Gasteiger partial charge >= 0.3 is 0 Å². The lowest BCUT2D eigenvalue weighted by Gasteiger charge is -2.50. The molecule has 578 valence electrons. The van der Waals surface area contributed by atoms with Crippen molar-refractivity contribution in [3.8, 4) is 16.9 Å². The third kappa shape index (κ3) is 15.3. The Bertz CT molecular complexity index is 3460. The maximum absolute atomic E-state index is 14.9. The second-order valence-corrected chi connectivity index (χ2v) is 26.1. The highest BCUT2D eigenvalue weighted by Gasteiger charge is 2.60. The molecular formula is C64H85N3O37. The number of carbonyl (C=O) groups excluding carboxylic acids is 2. The molecule has 40 heteroatoms. The number of hydrogen-bond acceptors (Lipinski definition) is 38. The molecule has 3 aromatic heterocycles. The molecule has 0 saturated carbocycles. The number of ketones is 1. The maximum Gasteiger partial charge on any atom is 0.253 e. The van der Waals surface area contributed by atoms with Gasteiger partial charge in [0.05, 0.1) is 63.5 Å². The first kappa shape index (κ1) is 78.3. The zero-order chi connectivity index (χ0) is 74.4. The standard InChI is InChI=1S/C64H85N3O37/c1-90-24-4-2-22(3-5-24)35(74)27-13-25(26-12-23(8-11-67(26)27)21-6-9-65-10-7-21)57(89)66-14-28-50-36(75)43(82)58(91-28)99-51-29(15-68)93-60(45(84)38(51)77)101-53-31(17-70)95-62(47(86)40(53)79)103-55-33(19-72)97-64(49(88)42(55)81)104-56-34(20-73)96-63(48(87)41(56)80)102-54-32(18-71)94-61(46(85)39(54)78)100-52-30(16-69)92-59(98-50)44(83)37(52)76/h2-13,28-34,36-56,58-64,68-73,75-88H,14-20H2,1H3,(H,66,89). The number of nitrogens with one attached hydrogen (secondary N) is 1. The Morgan fingerprint density at radius 3 is 0.981 bits per heavy atom. The Labute approximate surface area is 588 Å². The Morgan fingerprint density at radius 1 is 0.385 bits per heavy atom. The molecule has 21 aliphatic rings. The molecule has 40 nitrogen and oxygen atoms in total. The minimum Gasteiger partial charge on any atom is -0.497 e. The van der Waals surface area contributed by atoms with Crippen LogP contribution in [0.25, 0.3) is 16.6 Å². The predicted molar refractivity (Wildman–Crippen MR) is 331 cm³/mol. The first-order chi connectivity index (χ1) is 49.9. The molecule has 1 amide bonds. The summed E-state index contributed by atoms with van der Waals surface area (Å²) in [5.74, 6) is -1.00. The van der Waals surface area contributed by atoms with E-state index in [1.165, 1.54) is 42.1 Å². The van der Waals surface area contributed by atoms with Crippen molar-refractivity contribution in [3.05, 3.63) is 90.0 Å². The average Bonchev–Trinajstić information content (AvgIpc) is 0.852. The molecule has 104 heavy (non-hydrogen) atoms. The minimum absolute atomic E-state index is 0.00589. The van der Waals surface area contributed by atoms with E-state index in [-0.39, 0.29) is 22.3 Å². The Hall–Kier alpha value is -5.29. The van der Waals surface area contributed by atoms with Crippen LogP contribution in [0, 0.1) is 0 Å². The van der Waals surface area contributed by atoms with Crippen LogP contribution in [0.3, 0.4) is 0 Å². The van der Waals surface area contributed by atoms with Crippen molar-refractivity contribution in [2.75, 3.05) is 53.3 Å². The van der Waals surface area contributed by atoms with E-state index in [4.69, 9.17) is 71.1 Å². The molecule has 14 bridgehead atoms. The van der Waals surface area contributed by atoms with Gasteiger partial charge in [-0.3, -0.25) is 14.6 Å². The molecule has 21 fully saturated rings. The van der Waals surface area contributed by atoms with Gasteiger partial charge in [-0.2, -0.15) is 0 Å². The van der Waals surface area contributed by atoms with Crippen LogP contribution in [0.4, 0.5) is 0 Å².